The van der Waals surface area contributed by atoms with Gasteiger partial charge in [0, 0.05) is 19.0 Å². The molecule has 2 aromatic rings. The highest BCUT2D eigenvalue weighted by Gasteiger charge is 2.57. The van der Waals surface area contributed by atoms with E-state index in [0.717, 1.165) is 22.3 Å². The Morgan fingerprint density at radius 2 is 1.74 bits per heavy atom. The van der Waals surface area contributed by atoms with E-state index >= 15 is 0 Å². The summed E-state index contributed by atoms with van der Waals surface area (Å²) < 4.78 is 5.64. The van der Waals surface area contributed by atoms with Crippen molar-refractivity contribution in [2.75, 3.05) is 19.7 Å². The molecule has 1 heterocycles. The van der Waals surface area contributed by atoms with Crippen LogP contribution in [0.4, 0.5) is 4.79 Å². The van der Waals surface area contributed by atoms with Gasteiger partial charge >= 0.3 is 12.1 Å². The molecule has 3 aliphatic rings. The van der Waals surface area contributed by atoms with E-state index in [2.05, 4.69) is 36.2 Å². The summed E-state index contributed by atoms with van der Waals surface area (Å²) in [4.78, 5) is 39.1. The molecule has 0 radical (unpaired) electrons. The van der Waals surface area contributed by atoms with E-state index in [1.165, 1.54) is 0 Å². The van der Waals surface area contributed by atoms with Crippen LogP contribution in [0.15, 0.2) is 61.2 Å². The minimum absolute atomic E-state index is 0.0136. The second-order valence-electron chi connectivity index (χ2n) is 9.65. The van der Waals surface area contributed by atoms with Crippen LogP contribution in [0.1, 0.15) is 36.3 Å². The van der Waals surface area contributed by atoms with Gasteiger partial charge < -0.3 is 20.1 Å². The molecule has 1 saturated heterocycles. The van der Waals surface area contributed by atoms with Gasteiger partial charge in [-0.05, 0) is 53.4 Å². The number of likely N-dealkylation sites (tertiary alicyclic amines) is 1. The van der Waals surface area contributed by atoms with Crippen LogP contribution < -0.4 is 5.32 Å². The van der Waals surface area contributed by atoms with Gasteiger partial charge in [0.05, 0.1) is 5.92 Å². The molecular formula is C28H30N2O5. The van der Waals surface area contributed by atoms with Gasteiger partial charge in [-0.1, -0.05) is 54.6 Å². The molecule has 2 unspecified atom stereocenters. The van der Waals surface area contributed by atoms with E-state index in [-0.39, 0.29) is 36.2 Å². The normalized spacial score (nSPS) is 22.9. The first-order valence-electron chi connectivity index (χ1n) is 12.2. The topological polar surface area (TPSA) is 95.9 Å². The van der Waals surface area contributed by atoms with E-state index in [4.69, 9.17) is 4.74 Å². The highest BCUT2D eigenvalue weighted by molar-refractivity contribution is 5.86. The largest absolute Gasteiger partial charge is 0.481 e. The number of rotatable bonds is 8. The summed E-state index contributed by atoms with van der Waals surface area (Å²) in [7, 11) is 0. The number of carbonyl (C=O) groups is 3. The lowest BCUT2D eigenvalue weighted by molar-refractivity contribution is -0.139. The Morgan fingerprint density at radius 1 is 1.09 bits per heavy atom. The second kappa shape index (κ2) is 9.56. The minimum Gasteiger partial charge on any atom is -0.481 e. The van der Waals surface area contributed by atoms with Crippen LogP contribution in [0.2, 0.25) is 0 Å². The van der Waals surface area contributed by atoms with Crippen LogP contribution in [0, 0.1) is 17.8 Å². The number of nitrogens with one attached hydrogen (secondary N) is 1. The molecule has 7 nitrogen and oxygen atoms in total. The number of alkyl carbamates (subject to hydrolysis) is 1. The maximum Gasteiger partial charge on any atom is 0.407 e. The molecule has 2 amide bonds. The van der Waals surface area contributed by atoms with Crippen molar-refractivity contribution >= 4 is 18.0 Å². The lowest BCUT2D eigenvalue weighted by Crippen LogP contribution is -2.50. The number of allylic oxidation sites excluding steroid dienone is 1. The van der Waals surface area contributed by atoms with Gasteiger partial charge in [0.25, 0.3) is 0 Å². The Hall–Kier alpha value is -3.61. The number of ether oxygens (including phenoxy) is 1. The van der Waals surface area contributed by atoms with Gasteiger partial charge in [-0.15, -0.1) is 6.58 Å². The number of piperidine rings is 1. The first-order valence-corrected chi connectivity index (χ1v) is 12.2. The number of carboxylic acid groups (broad SMARTS) is 1. The highest BCUT2D eigenvalue weighted by atomic mass is 16.5. The number of carboxylic acids is 1. The van der Waals surface area contributed by atoms with Crippen molar-refractivity contribution in [3.8, 4) is 11.1 Å². The summed E-state index contributed by atoms with van der Waals surface area (Å²) in [5.41, 5.74) is 4.56. The summed E-state index contributed by atoms with van der Waals surface area (Å²) >= 11 is 0. The molecule has 0 aromatic heterocycles. The fraction of sp³-hybridized carbons (Fsp3) is 0.393. The maximum atomic E-state index is 13.2. The van der Waals surface area contributed by atoms with Crippen LogP contribution in [-0.4, -0.2) is 53.7 Å². The Morgan fingerprint density at radius 3 is 2.37 bits per heavy atom. The third-order valence-corrected chi connectivity index (χ3v) is 7.69. The lowest BCUT2D eigenvalue weighted by Gasteiger charge is -2.30. The fourth-order valence-electron chi connectivity index (χ4n) is 5.85. The Balaban J connectivity index is 1.22. The number of amides is 2. The molecule has 2 aromatic carbocycles. The number of fused-ring (bicyclic) bond motifs is 4. The first-order chi connectivity index (χ1) is 17.0. The van der Waals surface area contributed by atoms with Crippen LogP contribution in [0.5, 0.6) is 0 Å². The number of benzene rings is 2. The molecule has 35 heavy (non-hydrogen) atoms. The summed E-state index contributed by atoms with van der Waals surface area (Å²) in [6.07, 6.45) is 2.76. The van der Waals surface area contributed by atoms with E-state index in [1.54, 1.807) is 11.0 Å². The number of hydrogen-bond acceptors (Lipinski definition) is 4. The maximum absolute atomic E-state index is 13.2. The van der Waals surface area contributed by atoms with E-state index < -0.39 is 18.1 Å². The summed E-state index contributed by atoms with van der Waals surface area (Å²) in [5, 5.41) is 12.1. The number of aliphatic carboxylic acids is 1. The number of hydrogen-bond donors (Lipinski definition) is 2. The molecule has 182 valence electrons. The van der Waals surface area contributed by atoms with Gasteiger partial charge in [-0.25, -0.2) is 4.79 Å². The van der Waals surface area contributed by atoms with Gasteiger partial charge in [0.1, 0.15) is 12.6 Å². The molecule has 1 saturated carbocycles. The van der Waals surface area contributed by atoms with Gasteiger partial charge in [0.2, 0.25) is 5.91 Å². The molecule has 4 atom stereocenters. The molecule has 1 aliphatic heterocycles. The molecule has 2 aliphatic carbocycles. The zero-order valence-electron chi connectivity index (χ0n) is 19.6. The monoisotopic (exact) mass is 474 g/mol. The highest BCUT2D eigenvalue weighted by Crippen LogP contribution is 2.51. The number of nitrogens with zero attached hydrogens (tertiary/aromatic N) is 1. The zero-order valence-corrected chi connectivity index (χ0v) is 19.6. The summed E-state index contributed by atoms with van der Waals surface area (Å²) in [6.45, 7) is 4.85. The van der Waals surface area contributed by atoms with E-state index in [1.807, 2.05) is 24.3 Å². The fourth-order valence-corrected chi connectivity index (χ4v) is 5.85. The molecule has 0 spiro atoms. The summed E-state index contributed by atoms with van der Waals surface area (Å²) in [6, 6.07) is 15.5. The average molecular weight is 475 g/mol. The Bertz CT molecular complexity index is 1120. The molecule has 0 bridgehead atoms. The standard InChI is InChI=1S/C28H30N2O5/c1-2-3-12-24(26(31)30-14-13-21-22(15-30)25(21)27(32)33)29-28(34)35-16-23-19-10-6-4-8-17(19)18-9-5-7-11-20(18)23/h2,4-11,21-25H,1,3,12-16H2,(H,29,34)(H,32,33)/t21-,22+,24?,25?/m1/s1. The quantitative estimate of drug-likeness (QED) is 0.563. The predicted octanol–water partition coefficient (Wildman–Crippen LogP) is 4.04. The van der Waals surface area contributed by atoms with Crippen molar-refractivity contribution in [2.24, 2.45) is 17.8 Å². The van der Waals surface area contributed by atoms with Gasteiger partial charge in [-0.2, -0.15) is 0 Å². The smallest absolute Gasteiger partial charge is 0.407 e. The Kier molecular flexibility index (Phi) is 6.32. The average Bonchev–Trinajstić information content (AvgIpc) is 3.52. The van der Waals surface area contributed by atoms with E-state index in [0.29, 0.717) is 32.4 Å². The van der Waals surface area contributed by atoms with Crippen molar-refractivity contribution in [3.63, 3.8) is 0 Å². The third-order valence-electron chi connectivity index (χ3n) is 7.69. The third kappa shape index (κ3) is 4.43. The summed E-state index contributed by atoms with van der Waals surface area (Å²) in [5.74, 6) is -1.20. The van der Waals surface area contributed by atoms with Crippen LogP contribution in [0.3, 0.4) is 0 Å². The van der Waals surface area contributed by atoms with Crippen LogP contribution in [0.25, 0.3) is 11.1 Å². The molecule has 2 fully saturated rings. The second-order valence-corrected chi connectivity index (χ2v) is 9.65. The molecular weight excluding hydrogens is 444 g/mol. The molecule has 5 rings (SSSR count). The number of carbonyl (C=O) groups excluding carboxylic acids is 2. The van der Waals surface area contributed by atoms with Crippen molar-refractivity contribution in [1.82, 2.24) is 10.2 Å². The lowest BCUT2D eigenvalue weighted by atomic mass is 9.98. The minimum atomic E-state index is -0.783. The SMILES string of the molecule is C=CCCC(NC(=O)OCC1c2ccccc2-c2ccccc21)C(=O)N1CC[C@H]2C(C(=O)O)[C@H]2C1. The zero-order chi connectivity index (χ0) is 24.5. The van der Waals surface area contributed by atoms with Crippen molar-refractivity contribution < 1.29 is 24.2 Å². The van der Waals surface area contributed by atoms with Crippen molar-refractivity contribution in [2.45, 2.75) is 31.2 Å². The van der Waals surface area contributed by atoms with Crippen LogP contribution >= 0.6 is 0 Å². The van der Waals surface area contributed by atoms with Crippen molar-refractivity contribution in [1.29, 1.82) is 0 Å². The van der Waals surface area contributed by atoms with Crippen molar-refractivity contribution in [3.05, 3.63) is 72.3 Å². The molecule has 2 N–H and O–H groups in total. The van der Waals surface area contributed by atoms with Crippen LogP contribution in [-0.2, 0) is 14.3 Å². The Labute approximate surface area is 204 Å². The first kappa shape index (κ1) is 23.1. The molecule has 7 heteroatoms. The van der Waals surface area contributed by atoms with Gasteiger partial charge in [0.15, 0.2) is 0 Å². The predicted molar refractivity (Wildman–Crippen MR) is 131 cm³/mol. The van der Waals surface area contributed by atoms with Gasteiger partial charge in [-0.3, -0.25) is 9.59 Å². The van der Waals surface area contributed by atoms with E-state index in [9.17, 15) is 19.5 Å².